The van der Waals surface area contributed by atoms with Gasteiger partial charge in [-0.05, 0) is 85.7 Å². The SMILES string of the molecule is COc1ccc(NC(=O)/C=C/c2cc3c(c(-c4cccc(C(F)(F)F)c4)c2)OC(C)(C)C=C3)cc1. The molecule has 180 valence electrons. The number of benzene rings is 3. The van der Waals surface area contributed by atoms with Crippen LogP contribution < -0.4 is 14.8 Å². The van der Waals surface area contributed by atoms with Crippen molar-refractivity contribution >= 4 is 23.7 Å². The quantitative estimate of drug-likeness (QED) is 0.393. The Labute approximate surface area is 201 Å². The van der Waals surface area contributed by atoms with Gasteiger partial charge in [-0.3, -0.25) is 4.79 Å². The molecule has 0 bridgehead atoms. The molecule has 4 rings (SSSR count). The van der Waals surface area contributed by atoms with Crippen molar-refractivity contribution in [3.05, 3.63) is 89.5 Å². The number of hydrogen-bond donors (Lipinski definition) is 1. The fraction of sp³-hybridized carbons (Fsp3) is 0.179. The Morgan fingerprint density at radius 3 is 2.49 bits per heavy atom. The molecule has 35 heavy (non-hydrogen) atoms. The van der Waals surface area contributed by atoms with E-state index in [4.69, 9.17) is 9.47 Å². The van der Waals surface area contributed by atoms with Crippen LogP contribution in [0.2, 0.25) is 0 Å². The minimum Gasteiger partial charge on any atom is -0.497 e. The van der Waals surface area contributed by atoms with Crippen LogP contribution in [0.4, 0.5) is 18.9 Å². The van der Waals surface area contributed by atoms with Gasteiger partial charge in [-0.2, -0.15) is 13.2 Å². The standard InChI is InChI=1S/C28H24F3NO3/c1-27(2)14-13-20-15-18(7-12-25(33)32-22-8-10-23(34-3)11-9-22)16-24(26(20)35-27)19-5-4-6-21(17-19)28(29,30)31/h4-17H,1-3H3,(H,32,33)/b12-7+. The van der Waals surface area contributed by atoms with E-state index in [1.807, 2.05) is 32.1 Å². The van der Waals surface area contributed by atoms with Crippen LogP contribution in [0.25, 0.3) is 23.3 Å². The number of rotatable bonds is 5. The molecule has 0 fully saturated rings. The van der Waals surface area contributed by atoms with Crippen molar-refractivity contribution in [3.8, 4) is 22.6 Å². The van der Waals surface area contributed by atoms with E-state index >= 15 is 0 Å². The highest BCUT2D eigenvalue weighted by Crippen LogP contribution is 2.42. The molecule has 1 amide bonds. The molecule has 1 heterocycles. The molecule has 1 aliphatic rings. The van der Waals surface area contributed by atoms with Gasteiger partial charge in [0.2, 0.25) is 5.91 Å². The number of ether oxygens (including phenoxy) is 2. The van der Waals surface area contributed by atoms with Crippen LogP contribution in [-0.4, -0.2) is 18.6 Å². The first-order valence-electron chi connectivity index (χ1n) is 10.9. The maximum atomic E-state index is 13.4. The Morgan fingerprint density at radius 2 is 1.80 bits per heavy atom. The second-order valence-corrected chi connectivity index (χ2v) is 8.66. The summed E-state index contributed by atoms with van der Waals surface area (Å²) in [7, 11) is 1.56. The molecule has 0 spiro atoms. The molecule has 0 atom stereocenters. The molecule has 3 aromatic carbocycles. The van der Waals surface area contributed by atoms with Gasteiger partial charge in [0.15, 0.2) is 0 Å². The molecule has 1 aliphatic heterocycles. The predicted molar refractivity (Wildman–Crippen MR) is 131 cm³/mol. The summed E-state index contributed by atoms with van der Waals surface area (Å²) in [6.45, 7) is 3.75. The molecule has 1 N–H and O–H groups in total. The molecule has 0 saturated heterocycles. The number of methoxy groups -OCH3 is 1. The van der Waals surface area contributed by atoms with Crippen LogP contribution in [0.15, 0.2) is 72.8 Å². The average Bonchev–Trinajstić information content (AvgIpc) is 2.82. The number of nitrogens with one attached hydrogen (secondary N) is 1. The Bertz CT molecular complexity index is 1310. The third-order valence-corrected chi connectivity index (χ3v) is 5.45. The van der Waals surface area contributed by atoms with Crippen molar-refractivity contribution < 1.29 is 27.4 Å². The monoisotopic (exact) mass is 479 g/mol. The van der Waals surface area contributed by atoms with E-state index in [0.29, 0.717) is 33.9 Å². The van der Waals surface area contributed by atoms with E-state index in [1.165, 1.54) is 12.1 Å². The number of amides is 1. The van der Waals surface area contributed by atoms with Gasteiger partial charge >= 0.3 is 6.18 Å². The fourth-order valence-electron chi connectivity index (χ4n) is 3.70. The Hall–Kier alpha value is -4.00. The second-order valence-electron chi connectivity index (χ2n) is 8.66. The van der Waals surface area contributed by atoms with Crippen molar-refractivity contribution in [1.29, 1.82) is 0 Å². The third-order valence-electron chi connectivity index (χ3n) is 5.45. The van der Waals surface area contributed by atoms with E-state index in [1.54, 1.807) is 49.6 Å². The van der Waals surface area contributed by atoms with Gasteiger partial charge in [0.25, 0.3) is 0 Å². The first kappa shape index (κ1) is 24.1. The molecular formula is C28H24F3NO3. The van der Waals surface area contributed by atoms with Crippen molar-refractivity contribution in [3.63, 3.8) is 0 Å². The van der Waals surface area contributed by atoms with Gasteiger partial charge in [0.05, 0.1) is 12.7 Å². The average molecular weight is 479 g/mol. The van der Waals surface area contributed by atoms with Gasteiger partial charge in [-0.25, -0.2) is 0 Å². The zero-order chi connectivity index (χ0) is 25.2. The molecule has 7 heteroatoms. The number of alkyl halides is 3. The van der Waals surface area contributed by atoms with E-state index in [-0.39, 0.29) is 5.91 Å². The van der Waals surface area contributed by atoms with E-state index < -0.39 is 17.3 Å². The smallest absolute Gasteiger partial charge is 0.416 e. The number of carbonyl (C=O) groups is 1. The summed E-state index contributed by atoms with van der Waals surface area (Å²) in [5, 5.41) is 2.76. The molecule has 0 radical (unpaired) electrons. The highest BCUT2D eigenvalue weighted by molar-refractivity contribution is 6.02. The summed E-state index contributed by atoms with van der Waals surface area (Å²) in [6, 6.07) is 15.6. The van der Waals surface area contributed by atoms with E-state index in [0.717, 1.165) is 17.7 Å². The first-order chi connectivity index (χ1) is 16.5. The number of halogens is 3. The molecular weight excluding hydrogens is 455 g/mol. The van der Waals surface area contributed by atoms with Crippen molar-refractivity contribution in [2.45, 2.75) is 25.6 Å². The summed E-state index contributed by atoms with van der Waals surface area (Å²) in [6.07, 6.45) is 2.29. The lowest BCUT2D eigenvalue weighted by Gasteiger charge is -2.30. The van der Waals surface area contributed by atoms with Gasteiger partial charge in [-0.15, -0.1) is 0 Å². The highest BCUT2D eigenvalue weighted by Gasteiger charge is 2.31. The maximum absolute atomic E-state index is 13.4. The van der Waals surface area contributed by atoms with Gasteiger partial charge in [0, 0.05) is 22.9 Å². The summed E-state index contributed by atoms with van der Waals surface area (Å²) >= 11 is 0. The van der Waals surface area contributed by atoms with E-state index in [2.05, 4.69) is 5.32 Å². The lowest BCUT2D eigenvalue weighted by molar-refractivity contribution is -0.137. The minimum atomic E-state index is -4.47. The number of hydrogen-bond acceptors (Lipinski definition) is 3. The van der Waals surface area contributed by atoms with Gasteiger partial charge in [-0.1, -0.05) is 18.2 Å². The molecule has 0 saturated carbocycles. The largest absolute Gasteiger partial charge is 0.497 e. The molecule has 0 aliphatic carbocycles. The van der Waals surface area contributed by atoms with Crippen molar-refractivity contribution in [2.24, 2.45) is 0 Å². The molecule has 0 aromatic heterocycles. The van der Waals surface area contributed by atoms with Crippen molar-refractivity contribution in [1.82, 2.24) is 0 Å². The fourth-order valence-corrected chi connectivity index (χ4v) is 3.70. The first-order valence-corrected chi connectivity index (χ1v) is 10.9. The summed E-state index contributed by atoms with van der Waals surface area (Å²) in [5.41, 5.74) is 1.51. The number of fused-ring (bicyclic) bond motifs is 1. The zero-order valence-corrected chi connectivity index (χ0v) is 19.4. The Balaban J connectivity index is 1.68. The predicted octanol–water partition coefficient (Wildman–Crippen LogP) is 7.22. The van der Waals surface area contributed by atoms with Gasteiger partial charge < -0.3 is 14.8 Å². The third kappa shape index (κ3) is 5.74. The maximum Gasteiger partial charge on any atom is 0.416 e. The van der Waals surface area contributed by atoms with Crippen LogP contribution in [-0.2, 0) is 11.0 Å². The van der Waals surface area contributed by atoms with Crippen LogP contribution in [0.1, 0.15) is 30.5 Å². The Kier molecular flexibility index (Phi) is 6.43. The zero-order valence-electron chi connectivity index (χ0n) is 19.4. The normalized spacial score (nSPS) is 14.3. The lowest BCUT2D eigenvalue weighted by Crippen LogP contribution is -2.27. The molecule has 3 aromatic rings. The lowest BCUT2D eigenvalue weighted by atomic mass is 9.93. The molecule has 0 unspecified atom stereocenters. The second kappa shape index (κ2) is 9.33. The number of anilines is 1. The van der Waals surface area contributed by atoms with E-state index in [9.17, 15) is 18.0 Å². The molecule has 4 nitrogen and oxygen atoms in total. The van der Waals surface area contributed by atoms with Crippen LogP contribution in [0.3, 0.4) is 0 Å². The summed E-state index contributed by atoms with van der Waals surface area (Å²) in [4.78, 5) is 12.4. The van der Waals surface area contributed by atoms with Crippen LogP contribution >= 0.6 is 0 Å². The summed E-state index contributed by atoms with van der Waals surface area (Å²) in [5.74, 6) is 0.825. The van der Waals surface area contributed by atoms with Crippen molar-refractivity contribution in [2.75, 3.05) is 12.4 Å². The topological polar surface area (TPSA) is 47.6 Å². The van der Waals surface area contributed by atoms with Crippen LogP contribution in [0, 0.1) is 0 Å². The van der Waals surface area contributed by atoms with Crippen LogP contribution in [0.5, 0.6) is 11.5 Å². The minimum absolute atomic E-state index is 0.346. The summed E-state index contributed by atoms with van der Waals surface area (Å²) < 4.78 is 51.3. The highest BCUT2D eigenvalue weighted by atomic mass is 19.4. The van der Waals surface area contributed by atoms with Gasteiger partial charge in [0.1, 0.15) is 17.1 Å². The Morgan fingerprint density at radius 1 is 1.06 bits per heavy atom. The number of carbonyl (C=O) groups excluding carboxylic acids is 1.